The summed E-state index contributed by atoms with van der Waals surface area (Å²) in [5.41, 5.74) is 0. The smallest absolute Gasteiger partial charge is 0.152 e. The van der Waals surface area contributed by atoms with E-state index in [0.29, 0.717) is 16.5 Å². The van der Waals surface area contributed by atoms with Gasteiger partial charge in [-0.3, -0.25) is 0 Å². The Bertz CT molecular complexity index is 324. The van der Waals surface area contributed by atoms with Crippen LogP contribution >= 0.6 is 15.9 Å². The number of hydrogen-bond donors (Lipinski definition) is 0. The molecule has 3 unspecified atom stereocenters. The van der Waals surface area contributed by atoms with E-state index in [9.17, 15) is 8.42 Å². The highest BCUT2D eigenvalue weighted by Gasteiger charge is 2.29. The van der Waals surface area contributed by atoms with Crippen molar-refractivity contribution in [3.05, 3.63) is 0 Å². The summed E-state index contributed by atoms with van der Waals surface area (Å²) >= 11 is 3.72. The molecule has 0 aromatic carbocycles. The Hall–Kier alpha value is 0.430. The van der Waals surface area contributed by atoms with E-state index >= 15 is 0 Å². The van der Waals surface area contributed by atoms with Gasteiger partial charge in [0.25, 0.3) is 0 Å². The lowest BCUT2D eigenvalue weighted by Gasteiger charge is -2.33. The minimum Gasteiger partial charge on any atom is -0.229 e. The summed E-state index contributed by atoms with van der Waals surface area (Å²) in [5.74, 6) is 1.70. The first kappa shape index (κ1) is 15.5. The lowest BCUT2D eigenvalue weighted by molar-refractivity contribution is 0.267. The SMILES string of the molecule is CCC1CCC(Br)C(CCS(=O)(=O)C(C)C)C1. The highest BCUT2D eigenvalue weighted by molar-refractivity contribution is 9.09. The van der Waals surface area contributed by atoms with Crippen LogP contribution in [0.2, 0.25) is 0 Å². The fourth-order valence-electron chi connectivity index (χ4n) is 2.55. The first-order chi connectivity index (χ1) is 7.86. The Kier molecular flexibility index (Phi) is 5.97. The predicted molar refractivity (Wildman–Crippen MR) is 77.4 cm³/mol. The van der Waals surface area contributed by atoms with Crippen molar-refractivity contribution in [1.29, 1.82) is 0 Å². The number of halogens is 1. The van der Waals surface area contributed by atoms with Crippen LogP contribution in [0.1, 0.15) is 52.9 Å². The first-order valence-corrected chi connectivity index (χ1v) is 9.35. The van der Waals surface area contributed by atoms with E-state index in [1.807, 2.05) is 0 Å². The van der Waals surface area contributed by atoms with Crippen LogP contribution in [-0.4, -0.2) is 24.2 Å². The van der Waals surface area contributed by atoms with E-state index in [1.54, 1.807) is 13.8 Å². The second kappa shape index (κ2) is 6.55. The molecule has 0 aromatic rings. The van der Waals surface area contributed by atoms with Gasteiger partial charge in [0, 0.05) is 4.83 Å². The van der Waals surface area contributed by atoms with Crippen LogP contribution in [0, 0.1) is 11.8 Å². The van der Waals surface area contributed by atoms with Crippen molar-refractivity contribution < 1.29 is 8.42 Å². The highest BCUT2D eigenvalue weighted by Crippen LogP contribution is 2.37. The molecule has 0 spiro atoms. The fourth-order valence-corrected chi connectivity index (χ4v) is 4.39. The quantitative estimate of drug-likeness (QED) is 0.721. The van der Waals surface area contributed by atoms with Crippen molar-refractivity contribution in [3.63, 3.8) is 0 Å². The Balaban J connectivity index is 2.50. The van der Waals surface area contributed by atoms with E-state index in [0.717, 1.165) is 12.3 Å². The lowest BCUT2D eigenvalue weighted by Crippen LogP contribution is -2.28. The van der Waals surface area contributed by atoms with Gasteiger partial charge in [0.15, 0.2) is 9.84 Å². The maximum Gasteiger partial charge on any atom is 0.152 e. The number of rotatable bonds is 5. The monoisotopic (exact) mass is 324 g/mol. The molecular weight excluding hydrogens is 300 g/mol. The Morgan fingerprint density at radius 3 is 2.47 bits per heavy atom. The molecule has 0 aliphatic heterocycles. The van der Waals surface area contributed by atoms with Gasteiger partial charge in [-0.05, 0) is 51.4 Å². The maximum atomic E-state index is 11.8. The summed E-state index contributed by atoms with van der Waals surface area (Å²) in [6, 6.07) is 0. The molecule has 1 saturated carbocycles. The zero-order valence-electron chi connectivity index (χ0n) is 11.2. The molecule has 102 valence electrons. The number of alkyl halides is 1. The molecule has 0 bridgehead atoms. The van der Waals surface area contributed by atoms with Crippen LogP contribution in [0.4, 0.5) is 0 Å². The average molecular weight is 325 g/mol. The molecule has 1 fully saturated rings. The molecule has 0 aromatic heterocycles. The number of sulfone groups is 1. The van der Waals surface area contributed by atoms with Gasteiger partial charge >= 0.3 is 0 Å². The van der Waals surface area contributed by atoms with Crippen LogP contribution in [0.5, 0.6) is 0 Å². The minimum atomic E-state index is -2.87. The zero-order chi connectivity index (χ0) is 13.1. The fraction of sp³-hybridized carbons (Fsp3) is 1.00. The molecule has 0 heterocycles. The van der Waals surface area contributed by atoms with Crippen LogP contribution in [0.3, 0.4) is 0 Å². The van der Waals surface area contributed by atoms with Gasteiger partial charge < -0.3 is 0 Å². The zero-order valence-corrected chi connectivity index (χ0v) is 13.6. The first-order valence-electron chi connectivity index (χ1n) is 6.72. The van der Waals surface area contributed by atoms with E-state index in [-0.39, 0.29) is 5.25 Å². The van der Waals surface area contributed by atoms with Crippen molar-refractivity contribution in [1.82, 2.24) is 0 Å². The van der Waals surface area contributed by atoms with Gasteiger partial charge in [-0.25, -0.2) is 8.42 Å². The Morgan fingerprint density at radius 1 is 1.29 bits per heavy atom. The standard InChI is InChI=1S/C13H25BrO2S/c1-4-11-5-6-13(14)12(9-11)7-8-17(15,16)10(2)3/h10-13H,4-9H2,1-3H3. The molecular formula is C13H25BrO2S. The van der Waals surface area contributed by atoms with E-state index < -0.39 is 9.84 Å². The second-order valence-corrected chi connectivity index (χ2v) is 9.42. The average Bonchev–Trinajstić information content (AvgIpc) is 2.28. The Morgan fingerprint density at radius 2 is 1.94 bits per heavy atom. The number of hydrogen-bond acceptors (Lipinski definition) is 2. The largest absolute Gasteiger partial charge is 0.229 e. The molecule has 4 heteroatoms. The van der Waals surface area contributed by atoms with Crippen molar-refractivity contribution in [2.24, 2.45) is 11.8 Å². The molecule has 0 saturated heterocycles. The Labute approximate surface area is 115 Å². The molecule has 0 N–H and O–H groups in total. The van der Waals surface area contributed by atoms with Gasteiger partial charge in [-0.2, -0.15) is 0 Å². The van der Waals surface area contributed by atoms with Crippen molar-refractivity contribution in [2.45, 2.75) is 63.0 Å². The lowest BCUT2D eigenvalue weighted by atomic mass is 9.79. The second-order valence-electron chi connectivity index (χ2n) is 5.57. The summed E-state index contributed by atoms with van der Waals surface area (Å²) in [6.45, 7) is 5.79. The van der Waals surface area contributed by atoms with Gasteiger partial charge in [-0.15, -0.1) is 0 Å². The molecule has 1 aliphatic carbocycles. The van der Waals surface area contributed by atoms with E-state index in [1.165, 1.54) is 25.7 Å². The summed E-state index contributed by atoms with van der Waals surface area (Å²) in [6.07, 6.45) is 5.74. The van der Waals surface area contributed by atoms with Crippen molar-refractivity contribution in [3.8, 4) is 0 Å². The minimum absolute atomic E-state index is 0.234. The van der Waals surface area contributed by atoms with Crippen LogP contribution in [0.25, 0.3) is 0 Å². The van der Waals surface area contributed by atoms with Crippen LogP contribution in [-0.2, 0) is 9.84 Å². The maximum absolute atomic E-state index is 11.8. The normalized spacial score (nSPS) is 30.8. The highest BCUT2D eigenvalue weighted by atomic mass is 79.9. The summed E-state index contributed by atoms with van der Waals surface area (Å²) < 4.78 is 23.6. The van der Waals surface area contributed by atoms with E-state index in [2.05, 4.69) is 22.9 Å². The van der Waals surface area contributed by atoms with Crippen LogP contribution < -0.4 is 0 Å². The van der Waals surface area contributed by atoms with Gasteiger partial charge in [0.2, 0.25) is 0 Å². The molecule has 17 heavy (non-hydrogen) atoms. The van der Waals surface area contributed by atoms with Crippen molar-refractivity contribution >= 4 is 25.8 Å². The van der Waals surface area contributed by atoms with Gasteiger partial charge in [0.1, 0.15) is 0 Å². The third-order valence-electron chi connectivity index (χ3n) is 4.07. The van der Waals surface area contributed by atoms with Crippen LogP contribution in [0.15, 0.2) is 0 Å². The van der Waals surface area contributed by atoms with Gasteiger partial charge in [-0.1, -0.05) is 29.3 Å². The van der Waals surface area contributed by atoms with Gasteiger partial charge in [0.05, 0.1) is 11.0 Å². The third-order valence-corrected chi connectivity index (χ3v) is 7.51. The topological polar surface area (TPSA) is 34.1 Å². The summed E-state index contributed by atoms with van der Waals surface area (Å²) in [5, 5.41) is -0.234. The van der Waals surface area contributed by atoms with Crippen molar-refractivity contribution in [2.75, 3.05) is 5.75 Å². The predicted octanol–water partition coefficient (Wildman–Crippen LogP) is 3.79. The molecule has 2 nitrogen and oxygen atoms in total. The van der Waals surface area contributed by atoms with E-state index in [4.69, 9.17) is 0 Å². The molecule has 3 atom stereocenters. The molecule has 0 radical (unpaired) electrons. The molecule has 0 amide bonds. The molecule has 1 aliphatic rings. The third kappa shape index (κ3) is 4.55. The summed E-state index contributed by atoms with van der Waals surface area (Å²) in [7, 11) is -2.87. The summed E-state index contributed by atoms with van der Waals surface area (Å²) in [4.78, 5) is 0.521. The molecule has 1 rings (SSSR count).